The van der Waals surface area contributed by atoms with Crippen LogP contribution in [-0.2, 0) is 19.1 Å². The molecule has 6 nitrogen and oxygen atoms in total. The van der Waals surface area contributed by atoms with Gasteiger partial charge in [0, 0.05) is 19.5 Å². The van der Waals surface area contributed by atoms with E-state index >= 15 is 0 Å². The molecule has 1 atom stereocenters. The van der Waals surface area contributed by atoms with Crippen molar-refractivity contribution in [2.75, 3.05) is 20.2 Å². The van der Waals surface area contributed by atoms with Crippen LogP contribution in [0.15, 0.2) is 0 Å². The first-order valence-corrected chi connectivity index (χ1v) is 6.33. The number of carbonyl (C=O) groups is 3. The van der Waals surface area contributed by atoms with Gasteiger partial charge in [-0.1, -0.05) is 0 Å². The summed E-state index contributed by atoms with van der Waals surface area (Å²) in [7, 11) is 1.29. The van der Waals surface area contributed by atoms with Gasteiger partial charge in [0.2, 0.25) is 0 Å². The molecule has 1 heterocycles. The first kappa shape index (κ1) is 15.5. The molecule has 1 aliphatic heterocycles. The van der Waals surface area contributed by atoms with Crippen LogP contribution in [0.2, 0.25) is 0 Å². The van der Waals surface area contributed by atoms with Crippen LogP contribution < -0.4 is 0 Å². The van der Waals surface area contributed by atoms with Crippen LogP contribution >= 0.6 is 0 Å². The highest BCUT2D eigenvalue weighted by atomic mass is 16.6. The topological polar surface area (TPSA) is 72.9 Å². The molecule has 1 saturated heterocycles. The molecule has 0 N–H and O–H groups in total. The van der Waals surface area contributed by atoms with Crippen molar-refractivity contribution in [2.24, 2.45) is 5.92 Å². The Morgan fingerprint density at radius 3 is 2.42 bits per heavy atom. The van der Waals surface area contributed by atoms with E-state index in [9.17, 15) is 14.4 Å². The predicted octanol–water partition coefficient (Wildman–Crippen LogP) is 1.38. The van der Waals surface area contributed by atoms with Crippen LogP contribution in [0.5, 0.6) is 0 Å². The van der Waals surface area contributed by atoms with Crippen LogP contribution in [0.25, 0.3) is 0 Å². The molecule has 6 heteroatoms. The third-order valence-corrected chi connectivity index (χ3v) is 2.83. The molecule has 1 amide bonds. The Hall–Kier alpha value is -1.59. The minimum absolute atomic E-state index is 0.152. The van der Waals surface area contributed by atoms with E-state index in [4.69, 9.17) is 4.74 Å². The van der Waals surface area contributed by atoms with Crippen LogP contribution in [0.4, 0.5) is 4.79 Å². The van der Waals surface area contributed by atoms with Crippen molar-refractivity contribution < 1.29 is 23.9 Å². The smallest absolute Gasteiger partial charge is 0.409 e. The van der Waals surface area contributed by atoms with E-state index < -0.39 is 23.6 Å². The lowest BCUT2D eigenvalue weighted by molar-refractivity contribution is -0.162. The van der Waals surface area contributed by atoms with Gasteiger partial charge in [-0.25, -0.2) is 4.79 Å². The third-order valence-electron chi connectivity index (χ3n) is 2.83. The Kier molecular flexibility index (Phi) is 4.91. The average Bonchev–Trinajstić information content (AvgIpc) is 2.48. The summed E-state index contributed by atoms with van der Waals surface area (Å²) < 4.78 is 9.85. The summed E-state index contributed by atoms with van der Waals surface area (Å²) in [5, 5.41) is 0. The van der Waals surface area contributed by atoms with Gasteiger partial charge in [0.05, 0.1) is 7.11 Å². The monoisotopic (exact) mass is 271 g/mol. The van der Waals surface area contributed by atoms with Crippen molar-refractivity contribution in [1.82, 2.24) is 4.90 Å². The Labute approximate surface area is 113 Å². The van der Waals surface area contributed by atoms with Gasteiger partial charge in [-0.15, -0.1) is 0 Å². The maximum absolute atomic E-state index is 11.9. The second-order valence-electron chi connectivity index (χ2n) is 5.55. The summed E-state index contributed by atoms with van der Waals surface area (Å²) in [4.78, 5) is 36.7. The lowest BCUT2D eigenvalue weighted by atomic mass is 9.99. The summed E-state index contributed by atoms with van der Waals surface area (Å²) in [6, 6.07) is 0. The number of ketones is 1. The molecule has 0 aromatic carbocycles. The number of hydrogen-bond acceptors (Lipinski definition) is 5. The first-order valence-electron chi connectivity index (χ1n) is 6.33. The van der Waals surface area contributed by atoms with E-state index in [-0.39, 0.29) is 25.2 Å². The maximum atomic E-state index is 11.9. The second-order valence-corrected chi connectivity index (χ2v) is 5.55. The number of rotatable bonds is 1. The molecule has 108 valence electrons. The summed E-state index contributed by atoms with van der Waals surface area (Å²) in [5.74, 6) is -1.47. The molecular weight excluding hydrogens is 250 g/mol. The molecule has 0 aromatic rings. The molecule has 1 rings (SSSR count). The number of amides is 1. The number of esters is 1. The average molecular weight is 271 g/mol. The lowest BCUT2D eigenvalue weighted by Crippen LogP contribution is -2.33. The standard InChI is InChI=1S/C13H21NO5/c1-13(2,3)19-11(16)9-5-7-14(12(17)18-4)8-6-10(9)15/h9H,5-8H2,1-4H3. The minimum Gasteiger partial charge on any atom is -0.459 e. The van der Waals surface area contributed by atoms with Gasteiger partial charge < -0.3 is 14.4 Å². The first-order chi connectivity index (χ1) is 8.74. The zero-order valence-corrected chi connectivity index (χ0v) is 11.9. The minimum atomic E-state index is -0.783. The molecule has 0 aliphatic carbocycles. The molecular formula is C13H21NO5. The van der Waals surface area contributed by atoms with Crippen LogP contribution in [0.3, 0.4) is 0 Å². The Morgan fingerprint density at radius 1 is 1.26 bits per heavy atom. The number of Topliss-reactive ketones (excluding diaryl/α,β-unsaturated/α-hetero) is 1. The van der Waals surface area contributed by atoms with Crippen LogP contribution in [0.1, 0.15) is 33.6 Å². The number of hydrogen-bond donors (Lipinski definition) is 0. The van der Waals surface area contributed by atoms with Gasteiger partial charge in [-0.05, 0) is 27.2 Å². The van der Waals surface area contributed by atoms with E-state index in [2.05, 4.69) is 4.74 Å². The fourth-order valence-electron chi connectivity index (χ4n) is 1.91. The Morgan fingerprint density at radius 2 is 1.89 bits per heavy atom. The van der Waals surface area contributed by atoms with Crippen molar-refractivity contribution >= 4 is 17.8 Å². The SMILES string of the molecule is COC(=O)N1CCC(=O)C(C(=O)OC(C)(C)C)CC1. The number of likely N-dealkylation sites (tertiary alicyclic amines) is 1. The fourth-order valence-corrected chi connectivity index (χ4v) is 1.91. The van der Waals surface area contributed by atoms with Gasteiger partial charge >= 0.3 is 12.1 Å². The Balaban J connectivity index is 2.68. The molecule has 0 saturated carbocycles. The van der Waals surface area contributed by atoms with Crippen molar-refractivity contribution in [2.45, 2.75) is 39.2 Å². The van der Waals surface area contributed by atoms with E-state index in [1.54, 1.807) is 20.8 Å². The zero-order valence-electron chi connectivity index (χ0n) is 11.9. The van der Waals surface area contributed by atoms with E-state index in [0.717, 1.165) is 0 Å². The largest absolute Gasteiger partial charge is 0.459 e. The predicted molar refractivity (Wildman–Crippen MR) is 67.6 cm³/mol. The van der Waals surface area contributed by atoms with Gasteiger partial charge in [0.15, 0.2) is 0 Å². The summed E-state index contributed by atoms with van der Waals surface area (Å²) >= 11 is 0. The summed E-state index contributed by atoms with van der Waals surface area (Å²) in [6.45, 7) is 5.87. The quantitative estimate of drug-likeness (QED) is 0.532. The highest BCUT2D eigenvalue weighted by Gasteiger charge is 2.34. The van der Waals surface area contributed by atoms with E-state index in [0.29, 0.717) is 6.54 Å². The fraction of sp³-hybridized carbons (Fsp3) is 0.769. The molecule has 1 fully saturated rings. The van der Waals surface area contributed by atoms with Crippen LogP contribution in [-0.4, -0.2) is 48.5 Å². The molecule has 1 aliphatic rings. The highest BCUT2D eigenvalue weighted by molar-refractivity contribution is 5.99. The third kappa shape index (κ3) is 4.54. The number of ether oxygens (including phenoxy) is 2. The molecule has 0 bridgehead atoms. The second kappa shape index (κ2) is 6.04. The molecule has 1 unspecified atom stereocenters. The number of methoxy groups -OCH3 is 1. The van der Waals surface area contributed by atoms with E-state index in [1.165, 1.54) is 12.0 Å². The molecule has 19 heavy (non-hydrogen) atoms. The van der Waals surface area contributed by atoms with Gasteiger partial charge in [0.25, 0.3) is 0 Å². The Bertz CT molecular complexity index is 372. The number of carbonyl (C=O) groups excluding carboxylic acids is 3. The van der Waals surface area contributed by atoms with Crippen molar-refractivity contribution in [3.63, 3.8) is 0 Å². The van der Waals surface area contributed by atoms with Gasteiger partial charge in [0.1, 0.15) is 17.3 Å². The number of nitrogens with zero attached hydrogens (tertiary/aromatic N) is 1. The summed E-state index contributed by atoms with van der Waals surface area (Å²) in [5.41, 5.74) is -0.619. The van der Waals surface area contributed by atoms with Crippen molar-refractivity contribution in [3.05, 3.63) is 0 Å². The van der Waals surface area contributed by atoms with Gasteiger partial charge in [-0.3, -0.25) is 9.59 Å². The zero-order chi connectivity index (χ0) is 14.6. The van der Waals surface area contributed by atoms with Gasteiger partial charge in [-0.2, -0.15) is 0 Å². The normalized spacial score (nSPS) is 20.7. The highest BCUT2D eigenvalue weighted by Crippen LogP contribution is 2.19. The molecule has 0 aromatic heterocycles. The molecule has 0 radical (unpaired) electrons. The maximum Gasteiger partial charge on any atom is 0.409 e. The molecule has 0 spiro atoms. The summed E-state index contributed by atoms with van der Waals surface area (Å²) in [6.07, 6.45) is -0.0420. The lowest BCUT2D eigenvalue weighted by Gasteiger charge is -2.22. The van der Waals surface area contributed by atoms with Crippen molar-refractivity contribution in [3.8, 4) is 0 Å². The van der Waals surface area contributed by atoms with Crippen molar-refractivity contribution in [1.29, 1.82) is 0 Å². The van der Waals surface area contributed by atoms with Crippen LogP contribution in [0, 0.1) is 5.92 Å². The van der Waals surface area contributed by atoms with E-state index in [1.807, 2.05) is 0 Å².